The minimum Gasteiger partial charge on any atom is -0.396 e. The van der Waals surface area contributed by atoms with Gasteiger partial charge in [-0.3, -0.25) is 4.79 Å². The van der Waals surface area contributed by atoms with E-state index < -0.39 is 5.91 Å². The van der Waals surface area contributed by atoms with Crippen LogP contribution in [0.5, 0.6) is 0 Å². The van der Waals surface area contributed by atoms with Crippen molar-refractivity contribution in [3.63, 3.8) is 0 Å². The Labute approximate surface area is 108 Å². The Morgan fingerprint density at radius 2 is 2.17 bits per heavy atom. The van der Waals surface area contributed by atoms with Crippen molar-refractivity contribution in [1.82, 2.24) is 5.32 Å². The molecule has 0 radical (unpaired) electrons. The largest absolute Gasteiger partial charge is 0.396 e. The SMILES string of the molecule is CCC(CCO)CNCc1ccccc1C(N)=O. The lowest BCUT2D eigenvalue weighted by Crippen LogP contribution is -2.24. The Kier molecular flexibility index (Phi) is 6.39. The molecular weight excluding hydrogens is 228 g/mol. The molecule has 1 unspecified atom stereocenters. The number of aliphatic hydroxyl groups is 1. The molecule has 1 aromatic rings. The van der Waals surface area contributed by atoms with Gasteiger partial charge in [0.15, 0.2) is 0 Å². The van der Waals surface area contributed by atoms with Crippen LogP contribution in [0.2, 0.25) is 0 Å². The average Bonchev–Trinajstić information content (AvgIpc) is 2.38. The lowest BCUT2D eigenvalue weighted by molar-refractivity contribution is 0.0999. The molecule has 18 heavy (non-hydrogen) atoms. The lowest BCUT2D eigenvalue weighted by Gasteiger charge is -2.15. The lowest BCUT2D eigenvalue weighted by atomic mass is 10.0. The number of rotatable bonds is 8. The molecule has 1 atom stereocenters. The van der Waals surface area contributed by atoms with Crippen molar-refractivity contribution in [2.75, 3.05) is 13.2 Å². The van der Waals surface area contributed by atoms with Crippen molar-refractivity contribution >= 4 is 5.91 Å². The number of benzene rings is 1. The number of amides is 1. The normalized spacial score (nSPS) is 12.3. The van der Waals surface area contributed by atoms with Crippen molar-refractivity contribution in [3.8, 4) is 0 Å². The Morgan fingerprint density at radius 3 is 2.78 bits per heavy atom. The maximum Gasteiger partial charge on any atom is 0.249 e. The van der Waals surface area contributed by atoms with Crippen LogP contribution < -0.4 is 11.1 Å². The molecule has 0 aliphatic carbocycles. The van der Waals surface area contributed by atoms with Gasteiger partial charge in [-0.05, 0) is 30.5 Å². The minimum atomic E-state index is -0.394. The number of aliphatic hydroxyl groups excluding tert-OH is 1. The van der Waals surface area contributed by atoms with Gasteiger partial charge in [0.05, 0.1) is 0 Å². The van der Waals surface area contributed by atoms with Crippen LogP contribution in [0.15, 0.2) is 24.3 Å². The van der Waals surface area contributed by atoms with Crippen molar-refractivity contribution in [3.05, 3.63) is 35.4 Å². The summed E-state index contributed by atoms with van der Waals surface area (Å²) in [5.41, 5.74) is 6.81. The standard InChI is InChI=1S/C14H22N2O2/c1-2-11(7-8-17)9-16-10-12-5-3-4-6-13(12)14(15)18/h3-6,11,16-17H,2,7-10H2,1H3,(H2,15,18). The van der Waals surface area contributed by atoms with Gasteiger partial charge in [-0.15, -0.1) is 0 Å². The highest BCUT2D eigenvalue weighted by Gasteiger charge is 2.08. The highest BCUT2D eigenvalue weighted by molar-refractivity contribution is 5.94. The highest BCUT2D eigenvalue weighted by Crippen LogP contribution is 2.09. The van der Waals surface area contributed by atoms with Gasteiger partial charge in [-0.25, -0.2) is 0 Å². The summed E-state index contributed by atoms with van der Waals surface area (Å²) >= 11 is 0. The molecule has 0 fully saturated rings. The molecular formula is C14H22N2O2. The predicted molar refractivity (Wildman–Crippen MR) is 72.2 cm³/mol. The fraction of sp³-hybridized carbons (Fsp3) is 0.500. The second-order valence-corrected chi connectivity index (χ2v) is 4.44. The number of primary amides is 1. The molecule has 0 aliphatic rings. The van der Waals surface area contributed by atoms with Crippen LogP contribution in [0.3, 0.4) is 0 Å². The first-order chi connectivity index (χ1) is 8.69. The zero-order chi connectivity index (χ0) is 13.4. The van der Waals surface area contributed by atoms with Gasteiger partial charge in [-0.2, -0.15) is 0 Å². The summed E-state index contributed by atoms with van der Waals surface area (Å²) in [5.74, 6) is 0.0746. The zero-order valence-corrected chi connectivity index (χ0v) is 10.9. The van der Waals surface area contributed by atoms with Crippen molar-refractivity contribution < 1.29 is 9.90 Å². The maximum absolute atomic E-state index is 11.2. The third-order valence-electron chi connectivity index (χ3n) is 3.15. The Morgan fingerprint density at radius 1 is 1.44 bits per heavy atom. The van der Waals surface area contributed by atoms with Crippen LogP contribution in [-0.4, -0.2) is 24.2 Å². The van der Waals surface area contributed by atoms with Crippen LogP contribution in [0, 0.1) is 5.92 Å². The first-order valence-corrected chi connectivity index (χ1v) is 6.38. The topological polar surface area (TPSA) is 75.3 Å². The third kappa shape index (κ3) is 4.47. The first kappa shape index (κ1) is 14.7. The maximum atomic E-state index is 11.2. The number of hydrogen-bond acceptors (Lipinski definition) is 3. The molecule has 4 N–H and O–H groups in total. The van der Waals surface area contributed by atoms with E-state index in [2.05, 4.69) is 12.2 Å². The molecule has 1 aromatic carbocycles. The summed E-state index contributed by atoms with van der Waals surface area (Å²) in [5, 5.41) is 12.2. The molecule has 1 amide bonds. The van der Waals surface area contributed by atoms with Crippen LogP contribution in [-0.2, 0) is 6.54 Å². The van der Waals surface area contributed by atoms with Crippen LogP contribution in [0.25, 0.3) is 0 Å². The summed E-state index contributed by atoms with van der Waals surface area (Å²) in [6.45, 7) is 3.79. The quantitative estimate of drug-likeness (QED) is 0.650. The summed E-state index contributed by atoms with van der Waals surface area (Å²) < 4.78 is 0. The van der Waals surface area contributed by atoms with Crippen molar-refractivity contribution in [1.29, 1.82) is 0 Å². The number of nitrogens with two attached hydrogens (primary N) is 1. The van der Waals surface area contributed by atoms with E-state index in [9.17, 15) is 4.79 Å². The van der Waals surface area contributed by atoms with Crippen LogP contribution in [0.1, 0.15) is 35.7 Å². The van der Waals surface area contributed by atoms with Crippen LogP contribution in [0.4, 0.5) is 0 Å². The van der Waals surface area contributed by atoms with Gasteiger partial charge < -0.3 is 16.2 Å². The van der Waals surface area contributed by atoms with Gasteiger partial charge in [0.25, 0.3) is 0 Å². The monoisotopic (exact) mass is 250 g/mol. The molecule has 4 heteroatoms. The highest BCUT2D eigenvalue weighted by atomic mass is 16.3. The molecule has 0 saturated heterocycles. The Bertz CT molecular complexity index is 380. The smallest absolute Gasteiger partial charge is 0.249 e. The van der Waals surface area contributed by atoms with Gasteiger partial charge in [0, 0.05) is 18.7 Å². The average molecular weight is 250 g/mol. The van der Waals surface area contributed by atoms with E-state index in [1.165, 1.54) is 0 Å². The van der Waals surface area contributed by atoms with Gasteiger partial charge in [0.1, 0.15) is 0 Å². The number of hydrogen-bond donors (Lipinski definition) is 3. The number of nitrogens with one attached hydrogen (secondary N) is 1. The molecule has 0 aliphatic heterocycles. The molecule has 1 rings (SSSR count). The molecule has 0 heterocycles. The van der Waals surface area contributed by atoms with Gasteiger partial charge >= 0.3 is 0 Å². The molecule has 0 bridgehead atoms. The third-order valence-corrected chi connectivity index (χ3v) is 3.15. The second kappa shape index (κ2) is 7.84. The molecule has 100 valence electrons. The van der Waals surface area contributed by atoms with E-state index in [4.69, 9.17) is 10.8 Å². The summed E-state index contributed by atoms with van der Waals surface area (Å²) in [6.07, 6.45) is 1.84. The molecule has 4 nitrogen and oxygen atoms in total. The molecule has 0 aromatic heterocycles. The van der Waals surface area contributed by atoms with E-state index in [-0.39, 0.29) is 6.61 Å². The Balaban J connectivity index is 2.50. The van der Waals surface area contributed by atoms with E-state index >= 15 is 0 Å². The van der Waals surface area contributed by atoms with E-state index in [1.807, 2.05) is 18.2 Å². The van der Waals surface area contributed by atoms with Crippen molar-refractivity contribution in [2.45, 2.75) is 26.3 Å². The second-order valence-electron chi connectivity index (χ2n) is 4.44. The summed E-state index contributed by atoms with van der Waals surface area (Å²) in [6, 6.07) is 7.35. The fourth-order valence-electron chi connectivity index (χ4n) is 1.96. The van der Waals surface area contributed by atoms with E-state index in [0.717, 1.165) is 24.9 Å². The first-order valence-electron chi connectivity index (χ1n) is 6.38. The number of carbonyl (C=O) groups excluding carboxylic acids is 1. The molecule has 0 saturated carbocycles. The van der Waals surface area contributed by atoms with E-state index in [0.29, 0.717) is 18.0 Å². The molecule has 0 spiro atoms. The number of carbonyl (C=O) groups is 1. The van der Waals surface area contributed by atoms with Crippen molar-refractivity contribution in [2.24, 2.45) is 11.7 Å². The van der Waals surface area contributed by atoms with Gasteiger partial charge in [0.2, 0.25) is 5.91 Å². The zero-order valence-electron chi connectivity index (χ0n) is 10.9. The van der Waals surface area contributed by atoms with Crippen LogP contribution >= 0.6 is 0 Å². The summed E-state index contributed by atoms with van der Waals surface area (Å²) in [7, 11) is 0. The Hall–Kier alpha value is -1.39. The van der Waals surface area contributed by atoms with E-state index in [1.54, 1.807) is 6.07 Å². The summed E-state index contributed by atoms with van der Waals surface area (Å²) in [4.78, 5) is 11.2. The van der Waals surface area contributed by atoms with Gasteiger partial charge in [-0.1, -0.05) is 31.5 Å². The predicted octanol–water partition coefficient (Wildman–Crippen LogP) is 1.28. The fourth-order valence-corrected chi connectivity index (χ4v) is 1.96. The minimum absolute atomic E-state index is 0.220.